The highest BCUT2D eigenvalue weighted by Gasteiger charge is 2.32. The number of nitrogens with two attached hydrogens (primary N) is 6. The van der Waals surface area contributed by atoms with Gasteiger partial charge in [-0.3, -0.25) is 19.9 Å². The van der Waals surface area contributed by atoms with Gasteiger partial charge in [0.1, 0.15) is 56.3 Å². The Hall–Kier alpha value is -12.2. The standard InChI is InChI=1S/2C18H27N5O.C17H24ClN5O.C15H22FN5.2C15H23N5/c1-5-6-9-18(4,10-7-13(3)24)23-16-15-14(21-17(19)22-16)12(2)8-11-20-15;1-5-6-8-18(4,9-7-13(3)24)23-16-15-14(21-17(19)22-16)10-12(2)11-20-15;1-4-5-7-17(3,8-6-11(2)24)23-15-14-13(21-16(19)22-15)9-12(18)10-20-14;1-4-6-7-15(3,5-2)21-13-12-11(19-14(17)20-13)8-10(16)9-18-12;2*1-4-6-9-15(3,5-2)20-13-12-11(8-7-10-17-12)18-14(16)19-13/h8,11H,5-7,9-10H2,1-4H3,(H3,19,21,22,23);10-11H,5-9H2,1-4H3,(H3,19,21,22,23);9-10H,4-8H2,1-3H3,(H3,19,21,22,23);8-9H,4-7H2,1-3H3,(H3,17,19,20,21);2*7-8,10H,4-6,9H2,1-3H3,(H3,16,18,19,20)/t2*18-;17-;3*15-/m000110/s1. The molecule has 0 saturated carbocycles. The Morgan fingerprint density at radius 3 is 0.940 bits per heavy atom. The number of ketones is 3. The summed E-state index contributed by atoms with van der Waals surface area (Å²) in [5, 5.41) is 21.5. The summed E-state index contributed by atoms with van der Waals surface area (Å²) in [7, 11) is 0. The van der Waals surface area contributed by atoms with Crippen LogP contribution in [0.15, 0.2) is 85.7 Å². The maximum absolute atomic E-state index is 13.3. The molecule has 0 spiro atoms. The minimum absolute atomic E-state index is 0.00124. The van der Waals surface area contributed by atoms with Gasteiger partial charge in [-0.1, -0.05) is 151 Å². The first-order valence-electron chi connectivity index (χ1n) is 47.0. The number of anilines is 12. The minimum Gasteiger partial charge on any atom is -0.368 e. The number of carbonyl (C=O) groups is 3. The molecule has 12 aromatic rings. The van der Waals surface area contributed by atoms with E-state index in [0.29, 0.717) is 75.1 Å². The highest BCUT2D eigenvalue weighted by Crippen LogP contribution is 2.36. The van der Waals surface area contributed by atoms with Crippen LogP contribution in [0.2, 0.25) is 5.02 Å². The summed E-state index contributed by atoms with van der Waals surface area (Å²) in [5.74, 6) is 5.31. The average Bonchev–Trinajstić information content (AvgIpc) is 0.801. The molecule has 720 valence electrons. The topological polar surface area (TPSA) is 512 Å². The maximum Gasteiger partial charge on any atom is 0.222 e. The number of Topliss-reactive ketones (excluding diaryl/α,β-unsaturated/α-hetero) is 3. The number of aryl methyl sites for hydroxylation is 2. The van der Waals surface area contributed by atoms with Crippen LogP contribution in [-0.4, -0.2) is 140 Å². The van der Waals surface area contributed by atoms with Crippen LogP contribution < -0.4 is 66.3 Å². The number of halogens is 2. The number of rotatable bonds is 42. The summed E-state index contributed by atoms with van der Waals surface area (Å²) in [6.45, 7) is 41.3. The molecule has 0 aliphatic carbocycles. The smallest absolute Gasteiger partial charge is 0.222 e. The molecule has 0 radical (unpaired) electrons. The normalized spacial score (nSPS) is 13.9. The fraction of sp³-hybridized carbons (Fsp3) is 0.541. The van der Waals surface area contributed by atoms with Crippen molar-refractivity contribution in [3.8, 4) is 0 Å². The van der Waals surface area contributed by atoms with Crippen LogP contribution in [0.3, 0.4) is 0 Å². The molecule has 0 saturated heterocycles. The summed E-state index contributed by atoms with van der Waals surface area (Å²) in [5.41, 5.74) is 44.3. The number of pyridine rings is 6. The van der Waals surface area contributed by atoms with E-state index in [0.717, 1.165) is 190 Å². The van der Waals surface area contributed by atoms with Gasteiger partial charge < -0.3 is 80.7 Å². The van der Waals surface area contributed by atoms with Crippen molar-refractivity contribution >= 4 is 166 Å². The lowest BCUT2D eigenvalue weighted by Crippen LogP contribution is -2.36. The molecule has 0 aromatic carbocycles. The number of hydrogen-bond acceptors (Lipinski definition) is 33. The van der Waals surface area contributed by atoms with Gasteiger partial charge in [-0.05, 0) is 207 Å². The molecule has 35 heteroatoms. The van der Waals surface area contributed by atoms with E-state index < -0.39 is 5.82 Å². The van der Waals surface area contributed by atoms with Crippen molar-refractivity contribution in [1.82, 2.24) is 89.7 Å². The zero-order chi connectivity index (χ0) is 97.9. The molecule has 0 unspecified atom stereocenters. The van der Waals surface area contributed by atoms with Gasteiger partial charge >= 0.3 is 0 Å². The van der Waals surface area contributed by atoms with E-state index in [1.807, 2.05) is 50.2 Å². The van der Waals surface area contributed by atoms with Gasteiger partial charge in [-0.25, -0.2) is 44.3 Å². The number of nitrogens with zero attached hydrogens (tertiary/aromatic N) is 18. The number of carbonyl (C=O) groups excluding carboxylic acids is 3. The number of fused-ring (bicyclic) bond motifs is 6. The van der Waals surface area contributed by atoms with Crippen molar-refractivity contribution in [2.45, 2.75) is 345 Å². The lowest BCUT2D eigenvalue weighted by molar-refractivity contribution is -0.118. The van der Waals surface area contributed by atoms with Crippen molar-refractivity contribution in [2.75, 3.05) is 66.3 Å². The van der Waals surface area contributed by atoms with Crippen LogP contribution in [0.1, 0.15) is 309 Å². The SMILES string of the molecule is CCCC[C@@](C)(CC)Nc1nc(N)nc2cc(F)cnc12.CCCC[C@@](C)(CC)Nc1nc(N)nc2cccnc12.CCCC[C@@](C)(CCC(C)=O)Nc1nc(N)nc2c(C)ccnc12.CCCC[C@@](C)(CCC(C)=O)Nc1nc(N)nc2cc(C)cnc12.CCCC[C@@](C)(CCC(C)=O)Nc1nc(N)nc2cc(Cl)cnc12.CCCC[C@](C)(CC)Nc1nc(N)nc2cccnc12. The second-order valence-electron chi connectivity index (χ2n) is 36.5. The van der Waals surface area contributed by atoms with Crippen LogP contribution in [0, 0.1) is 19.7 Å². The molecule has 33 nitrogen and oxygen atoms in total. The summed E-state index contributed by atoms with van der Waals surface area (Å²) >= 11 is 5.99. The van der Waals surface area contributed by atoms with E-state index in [1.165, 1.54) is 37.9 Å². The third-order valence-electron chi connectivity index (χ3n) is 23.9. The minimum atomic E-state index is -0.434. The van der Waals surface area contributed by atoms with Crippen LogP contribution >= 0.6 is 11.6 Å². The van der Waals surface area contributed by atoms with E-state index in [-0.39, 0.29) is 86.3 Å². The highest BCUT2D eigenvalue weighted by molar-refractivity contribution is 6.31. The molecular formula is C98H146ClFN30O3. The van der Waals surface area contributed by atoms with E-state index in [4.69, 9.17) is 46.0 Å². The van der Waals surface area contributed by atoms with Gasteiger partial charge in [-0.2, -0.15) is 29.9 Å². The lowest BCUT2D eigenvalue weighted by atomic mass is 9.89. The third kappa shape index (κ3) is 33.8. The molecule has 0 fully saturated rings. The van der Waals surface area contributed by atoms with E-state index in [1.54, 1.807) is 57.8 Å². The number of hydrogen-bond donors (Lipinski definition) is 12. The summed E-state index contributed by atoms with van der Waals surface area (Å²) in [4.78, 5) is 112. The molecule has 0 bridgehead atoms. The molecule has 133 heavy (non-hydrogen) atoms. The van der Waals surface area contributed by atoms with E-state index >= 15 is 0 Å². The third-order valence-corrected chi connectivity index (χ3v) is 24.1. The first kappa shape index (κ1) is 108. The number of nitrogens with one attached hydrogen (secondary N) is 6. The van der Waals surface area contributed by atoms with Crippen molar-refractivity contribution in [1.29, 1.82) is 0 Å². The second-order valence-corrected chi connectivity index (χ2v) is 36.9. The first-order valence-corrected chi connectivity index (χ1v) is 47.4. The average molecular weight is 1850 g/mol. The molecule has 12 heterocycles. The number of aromatic nitrogens is 18. The fourth-order valence-corrected chi connectivity index (χ4v) is 15.2. The van der Waals surface area contributed by atoms with Crippen molar-refractivity contribution in [3.05, 3.63) is 108 Å². The second kappa shape index (κ2) is 51.1. The lowest BCUT2D eigenvalue weighted by Gasteiger charge is -2.31. The van der Waals surface area contributed by atoms with Gasteiger partial charge in [-0.15, -0.1) is 0 Å². The zero-order valence-corrected chi connectivity index (χ0v) is 82.9. The highest BCUT2D eigenvalue weighted by atomic mass is 35.5. The van der Waals surface area contributed by atoms with Gasteiger partial charge in [0.15, 0.2) is 34.9 Å². The summed E-state index contributed by atoms with van der Waals surface area (Å²) in [6, 6.07) is 14.4. The molecule has 18 N–H and O–H groups in total. The number of unbranched alkanes of at least 4 members (excludes halogenated alkanes) is 6. The van der Waals surface area contributed by atoms with E-state index in [9.17, 15) is 18.8 Å². The summed E-state index contributed by atoms with van der Waals surface area (Å²) < 4.78 is 13.3. The van der Waals surface area contributed by atoms with Crippen LogP contribution in [0.4, 0.5) is 75.0 Å². The zero-order valence-electron chi connectivity index (χ0n) is 82.2. The van der Waals surface area contributed by atoms with Crippen LogP contribution in [0.25, 0.3) is 66.2 Å². The Labute approximate surface area is 789 Å². The van der Waals surface area contributed by atoms with Crippen molar-refractivity contribution < 1.29 is 18.8 Å². The Bertz CT molecular complexity index is 5560. The van der Waals surface area contributed by atoms with Crippen molar-refractivity contribution in [3.63, 3.8) is 0 Å². The fourth-order valence-electron chi connectivity index (χ4n) is 15.0. The predicted molar refractivity (Wildman–Crippen MR) is 545 cm³/mol. The molecule has 0 aliphatic heterocycles. The molecule has 6 atom stereocenters. The first-order chi connectivity index (χ1) is 63.1. The van der Waals surface area contributed by atoms with Crippen molar-refractivity contribution in [2.24, 2.45) is 0 Å². The number of nitrogen functional groups attached to an aromatic ring is 6. The van der Waals surface area contributed by atoms with Gasteiger partial charge in [0.05, 0.1) is 44.3 Å². The molecule has 12 rings (SSSR count). The monoisotopic (exact) mass is 1850 g/mol. The van der Waals surface area contributed by atoms with Gasteiger partial charge in [0, 0.05) is 89.5 Å². The molecule has 12 aromatic heterocycles. The van der Waals surface area contributed by atoms with Crippen LogP contribution in [0.5, 0.6) is 0 Å². The Balaban J connectivity index is 0.000000218. The molecule has 0 aliphatic rings. The van der Waals surface area contributed by atoms with Gasteiger partial charge in [0.25, 0.3) is 0 Å². The molecular weight excluding hydrogens is 1700 g/mol. The Morgan fingerprint density at radius 1 is 0.323 bits per heavy atom. The van der Waals surface area contributed by atoms with Gasteiger partial charge in [0.2, 0.25) is 35.7 Å². The summed E-state index contributed by atoms with van der Waals surface area (Å²) in [6.07, 6.45) is 36.1. The quantitative estimate of drug-likeness (QED) is 0.0169. The van der Waals surface area contributed by atoms with E-state index in [2.05, 4.69) is 225 Å². The predicted octanol–water partition coefficient (Wildman–Crippen LogP) is 21.6. The Morgan fingerprint density at radius 2 is 0.602 bits per heavy atom. The largest absolute Gasteiger partial charge is 0.368 e. The Kier molecular flexibility index (Phi) is 41.4. The maximum atomic E-state index is 13.3. The van der Waals surface area contributed by atoms with Crippen LogP contribution in [-0.2, 0) is 14.4 Å². The molecule has 0 amide bonds.